The Labute approximate surface area is 108 Å². The predicted octanol–water partition coefficient (Wildman–Crippen LogP) is 2.91. The van der Waals surface area contributed by atoms with Crippen molar-refractivity contribution in [1.82, 2.24) is 5.32 Å². The smallest absolute Gasteiger partial charge is 0.131 e. The van der Waals surface area contributed by atoms with Gasteiger partial charge in [-0.15, -0.1) is 0 Å². The molecule has 0 aliphatic rings. The van der Waals surface area contributed by atoms with Crippen LogP contribution >= 0.6 is 0 Å². The maximum Gasteiger partial charge on any atom is 0.131 e. The second kappa shape index (κ2) is 8.06. The number of likely N-dealkylation sites (N-methyl/N-ethyl adjacent to an activating group) is 1. The summed E-state index contributed by atoms with van der Waals surface area (Å²) in [6.45, 7) is 5.99. The fourth-order valence-electron chi connectivity index (χ4n) is 1.77. The van der Waals surface area contributed by atoms with E-state index in [0.29, 0.717) is 24.5 Å². The van der Waals surface area contributed by atoms with E-state index in [2.05, 4.69) is 12.2 Å². The third-order valence-corrected chi connectivity index (χ3v) is 2.67. The Morgan fingerprint density at radius 2 is 2.11 bits per heavy atom. The molecule has 1 aromatic carbocycles. The molecule has 1 unspecified atom stereocenters. The van der Waals surface area contributed by atoms with Crippen molar-refractivity contribution in [1.29, 1.82) is 0 Å². The lowest BCUT2D eigenvalue weighted by molar-refractivity contribution is 0.111. The number of hydrogen-bond acceptors (Lipinski definition) is 3. The van der Waals surface area contributed by atoms with E-state index in [1.54, 1.807) is 12.1 Å². The molecule has 102 valence electrons. The van der Waals surface area contributed by atoms with Gasteiger partial charge in [0.05, 0.1) is 19.8 Å². The molecule has 0 amide bonds. The largest absolute Gasteiger partial charge is 0.497 e. The van der Waals surface area contributed by atoms with E-state index in [0.717, 1.165) is 13.0 Å². The number of nitrogens with one attached hydrogen (secondary N) is 1. The van der Waals surface area contributed by atoms with E-state index < -0.39 is 0 Å². The Hall–Kier alpha value is -1.13. The summed E-state index contributed by atoms with van der Waals surface area (Å²) in [6.07, 6.45) is 0.962. The average Bonchev–Trinajstić information content (AvgIpc) is 2.38. The molecule has 4 heteroatoms. The summed E-state index contributed by atoms with van der Waals surface area (Å²) in [4.78, 5) is 0. The van der Waals surface area contributed by atoms with E-state index in [-0.39, 0.29) is 11.9 Å². The van der Waals surface area contributed by atoms with Crippen molar-refractivity contribution in [2.24, 2.45) is 0 Å². The van der Waals surface area contributed by atoms with Crippen LogP contribution in [0.2, 0.25) is 0 Å². The molecule has 0 radical (unpaired) electrons. The van der Waals surface area contributed by atoms with E-state index in [1.807, 2.05) is 6.92 Å². The first-order valence-corrected chi connectivity index (χ1v) is 6.37. The molecule has 1 rings (SSSR count). The third-order valence-electron chi connectivity index (χ3n) is 2.67. The van der Waals surface area contributed by atoms with Crippen molar-refractivity contribution in [3.63, 3.8) is 0 Å². The van der Waals surface area contributed by atoms with E-state index >= 15 is 0 Å². The number of methoxy groups -OCH3 is 1. The zero-order valence-corrected chi connectivity index (χ0v) is 11.3. The van der Waals surface area contributed by atoms with Gasteiger partial charge in [-0.2, -0.15) is 0 Å². The molecule has 0 aromatic heterocycles. The summed E-state index contributed by atoms with van der Waals surface area (Å²) in [5.41, 5.74) is 0.619. The molecule has 0 spiro atoms. The maximum absolute atomic E-state index is 13.9. The molecule has 0 bridgehead atoms. The summed E-state index contributed by atoms with van der Waals surface area (Å²) < 4.78 is 24.4. The van der Waals surface area contributed by atoms with Gasteiger partial charge in [0.15, 0.2) is 0 Å². The predicted molar refractivity (Wildman–Crippen MR) is 70.5 cm³/mol. The Bertz CT molecular complexity index is 358. The Morgan fingerprint density at radius 3 is 2.67 bits per heavy atom. The Kier molecular flexibility index (Phi) is 6.68. The summed E-state index contributed by atoms with van der Waals surface area (Å²) in [6, 6.07) is 4.80. The minimum Gasteiger partial charge on any atom is -0.497 e. The van der Waals surface area contributed by atoms with Crippen LogP contribution in [0.25, 0.3) is 0 Å². The van der Waals surface area contributed by atoms with Crippen LogP contribution in [0.15, 0.2) is 18.2 Å². The summed E-state index contributed by atoms with van der Waals surface area (Å²) in [5, 5.41) is 3.23. The van der Waals surface area contributed by atoms with Crippen LogP contribution in [0.4, 0.5) is 4.39 Å². The highest BCUT2D eigenvalue weighted by molar-refractivity contribution is 5.30. The van der Waals surface area contributed by atoms with Gasteiger partial charge >= 0.3 is 0 Å². The normalized spacial score (nSPS) is 12.4. The van der Waals surface area contributed by atoms with Crippen LogP contribution in [0.1, 0.15) is 31.9 Å². The topological polar surface area (TPSA) is 30.5 Å². The monoisotopic (exact) mass is 255 g/mol. The van der Waals surface area contributed by atoms with Crippen LogP contribution in [0.5, 0.6) is 5.75 Å². The number of halogens is 1. The van der Waals surface area contributed by atoms with Crippen molar-refractivity contribution >= 4 is 0 Å². The molecule has 1 atom stereocenters. The fourth-order valence-corrected chi connectivity index (χ4v) is 1.77. The zero-order chi connectivity index (χ0) is 13.4. The Balaban J connectivity index is 2.77. The van der Waals surface area contributed by atoms with Gasteiger partial charge in [0, 0.05) is 18.2 Å². The number of hydrogen-bond donors (Lipinski definition) is 1. The molecular weight excluding hydrogens is 233 g/mol. The van der Waals surface area contributed by atoms with Gasteiger partial charge in [-0.25, -0.2) is 4.39 Å². The molecule has 18 heavy (non-hydrogen) atoms. The van der Waals surface area contributed by atoms with Gasteiger partial charge in [-0.1, -0.05) is 19.9 Å². The highest BCUT2D eigenvalue weighted by Gasteiger charge is 2.15. The first-order chi connectivity index (χ1) is 8.72. The van der Waals surface area contributed by atoms with Gasteiger partial charge in [0.2, 0.25) is 0 Å². The third kappa shape index (κ3) is 4.27. The second-order valence-electron chi connectivity index (χ2n) is 4.07. The molecule has 0 fully saturated rings. The molecular formula is C14H22FNO2. The molecule has 0 aliphatic heterocycles. The quantitative estimate of drug-likeness (QED) is 0.724. The molecule has 0 heterocycles. The average molecular weight is 255 g/mol. The molecule has 0 saturated heterocycles. The summed E-state index contributed by atoms with van der Waals surface area (Å²) >= 11 is 0. The standard InChI is InChI=1S/C14H22FNO2/c1-4-8-18-10-14(16-5-2)12-7-6-11(17-3)9-13(12)15/h6-7,9,14,16H,4-5,8,10H2,1-3H3. The van der Waals surface area contributed by atoms with Gasteiger partial charge in [0.25, 0.3) is 0 Å². The van der Waals surface area contributed by atoms with Gasteiger partial charge in [-0.05, 0) is 19.0 Å². The van der Waals surface area contributed by atoms with Crippen LogP contribution in [-0.2, 0) is 4.74 Å². The van der Waals surface area contributed by atoms with E-state index in [1.165, 1.54) is 13.2 Å². The van der Waals surface area contributed by atoms with Gasteiger partial charge in [0.1, 0.15) is 11.6 Å². The number of ether oxygens (including phenoxy) is 2. The molecule has 1 N–H and O–H groups in total. The number of rotatable bonds is 8. The lowest BCUT2D eigenvalue weighted by atomic mass is 10.1. The SMILES string of the molecule is CCCOCC(NCC)c1ccc(OC)cc1F. The van der Waals surface area contributed by atoms with Crippen molar-refractivity contribution in [3.05, 3.63) is 29.6 Å². The number of benzene rings is 1. The van der Waals surface area contributed by atoms with Crippen molar-refractivity contribution in [2.45, 2.75) is 26.3 Å². The first kappa shape index (κ1) is 14.9. The molecule has 3 nitrogen and oxygen atoms in total. The molecule has 1 aromatic rings. The summed E-state index contributed by atoms with van der Waals surface area (Å²) in [5.74, 6) is 0.265. The van der Waals surface area contributed by atoms with Crippen molar-refractivity contribution in [3.8, 4) is 5.75 Å². The second-order valence-corrected chi connectivity index (χ2v) is 4.07. The van der Waals surface area contributed by atoms with Gasteiger partial charge in [-0.3, -0.25) is 0 Å². The van der Waals surface area contributed by atoms with Crippen LogP contribution in [0.3, 0.4) is 0 Å². The van der Waals surface area contributed by atoms with Gasteiger partial charge < -0.3 is 14.8 Å². The minimum atomic E-state index is -0.264. The first-order valence-electron chi connectivity index (χ1n) is 6.37. The van der Waals surface area contributed by atoms with E-state index in [9.17, 15) is 4.39 Å². The lowest BCUT2D eigenvalue weighted by Crippen LogP contribution is -2.26. The van der Waals surface area contributed by atoms with Crippen molar-refractivity contribution in [2.75, 3.05) is 26.9 Å². The Morgan fingerprint density at radius 1 is 1.33 bits per heavy atom. The maximum atomic E-state index is 13.9. The van der Waals surface area contributed by atoms with E-state index in [4.69, 9.17) is 9.47 Å². The van der Waals surface area contributed by atoms with Crippen LogP contribution in [0, 0.1) is 5.82 Å². The van der Waals surface area contributed by atoms with Crippen molar-refractivity contribution < 1.29 is 13.9 Å². The van der Waals surface area contributed by atoms with Crippen LogP contribution < -0.4 is 10.1 Å². The van der Waals surface area contributed by atoms with Crippen LogP contribution in [-0.4, -0.2) is 26.9 Å². The minimum absolute atomic E-state index is 0.118. The molecule has 0 saturated carbocycles. The molecule has 0 aliphatic carbocycles. The highest BCUT2D eigenvalue weighted by Crippen LogP contribution is 2.22. The lowest BCUT2D eigenvalue weighted by Gasteiger charge is -2.19. The highest BCUT2D eigenvalue weighted by atomic mass is 19.1. The fraction of sp³-hybridized carbons (Fsp3) is 0.571. The summed E-state index contributed by atoms with van der Waals surface area (Å²) in [7, 11) is 1.53. The zero-order valence-electron chi connectivity index (χ0n) is 11.3.